The van der Waals surface area contributed by atoms with E-state index in [1.165, 1.54) is 10.4 Å². The number of benzene rings is 1. The fourth-order valence-corrected chi connectivity index (χ4v) is 4.34. The zero-order valence-electron chi connectivity index (χ0n) is 13.5. The minimum Gasteiger partial charge on any atom is -0.433 e. The average molecular weight is 399 g/mol. The van der Waals surface area contributed by atoms with Crippen molar-refractivity contribution in [1.29, 1.82) is 0 Å². The molecule has 142 valence electrons. The molecule has 0 radical (unpaired) electrons. The standard InChI is InChI=1S/C15H21ClF2N2O4S/c16-13-10-12(2-3-14(13)24-15(17)18)25(21,22)20-7-4-11(5-8-20)23-9-1-6-19/h2-3,10-11,15H,1,4-9,19H2. The van der Waals surface area contributed by atoms with Gasteiger partial charge in [-0.1, -0.05) is 11.6 Å². The first-order valence-electron chi connectivity index (χ1n) is 7.90. The summed E-state index contributed by atoms with van der Waals surface area (Å²) in [6.45, 7) is -1.27. The number of piperidine rings is 1. The molecule has 1 saturated heterocycles. The van der Waals surface area contributed by atoms with Gasteiger partial charge >= 0.3 is 6.61 Å². The van der Waals surface area contributed by atoms with Crippen molar-refractivity contribution in [3.05, 3.63) is 23.2 Å². The monoisotopic (exact) mass is 398 g/mol. The summed E-state index contributed by atoms with van der Waals surface area (Å²) in [7, 11) is -3.75. The molecule has 0 amide bonds. The Balaban J connectivity index is 2.01. The van der Waals surface area contributed by atoms with Gasteiger partial charge in [0.05, 0.1) is 16.0 Å². The maximum Gasteiger partial charge on any atom is 0.387 e. The summed E-state index contributed by atoms with van der Waals surface area (Å²) in [4.78, 5) is -0.0541. The van der Waals surface area contributed by atoms with Crippen LogP contribution in [0.5, 0.6) is 5.75 Å². The summed E-state index contributed by atoms with van der Waals surface area (Å²) in [5.41, 5.74) is 5.41. The first-order chi connectivity index (χ1) is 11.8. The molecular formula is C15H21ClF2N2O4S. The summed E-state index contributed by atoms with van der Waals surface area (Å²) in [5, 5.41) is -0.179. The number of hydrogen-bond acceptors (Lipinski definition) is 5. The van der Waals surface area contributed by atoms with Crippen LogP contribution in [0.2, 0.25) is 5.02 Å². The summed E-state index contributed by atoms with van der Waals surface area (Å²) in [5.74, 6) is -0.261. The van der Waals surface area contributed by atoms with Crippen molar-refractivity contribution in [2.75, 3.05) is 26.2 Å². The van der Waals surface area contributed by atoms with Crippen LogP contribution in [0.4, 0.5) is 8.78 Å². The van der Waals surface area contributed by atoms with E-state index >= 15 is 0 Å². The molecule has 0 bridgehead atoms. The maximum absolute atomic E-state index is 12.7. The lowest BCUT2D eigenvalue weighted by Crippen LogP contribution is -2.41. The summed E-state index contributed by atoms with van der Waals surface area (Å²) >= 11 is 5.84. The van der Waals surface area contributed by atoms with Crippen LogP contribution in [0.1, 0.15) is 19.3 Å². The highest BCUT2D eigenvalue weighted by Gasteiger charge is 2.30. The molecule has 0 aromatic heterocycles. The first-order valence-corrected chi connectivity index (χ1v) is 9.72. The van der Waals surface area contributed by atoms with Gasteiger partial charge in [0, 0.05) is 19.7 Å². The number of halogens is 3. The highest BCUT2D eigenvalue weighted by Crippen LogP contribution is 2.30. The Bertz CT molecular complexity index is 667. The van der Waals surface area contributed by atoms with Gasteiger partial charge in [-0.15, -0.1) is 0 Å². The van der Waals surface area contributed by atoms with E-state index in [2.05, 4.69) is 4.74 Å². The predicted octanol–water partition coefficient (Wildman–Crippen LogP) is 2.46. The van der Waals surface area contributed by atoms with Crippen molar-refractivity contribution in [2.24, 2.45) is 5.73 Å². The van der Waals surface area contributed by atoms with E-state index in [0.717, 1.165) is 18.6 Å². The average Bonchev–Trinajstić information content (AvgIpc) is 2.57. The smallest absolute Gasteiger partial charge is 0.387 e. The Labute approximate surface area is 150 Å². The molecule has 1 heterocycles. The fourth-order valence-electron chi connectivity index (χ4n) is 2.56. The van der Waals surface area contributed by atoms with E-state index in [-0.39, 0.29) is 21.8 Å². The van der Waals surface area contributed by atoms with E-state index in [4.69, 9.17) is 22.1 Å². The lowest BCUT2D eigenvalue weighted by atomic mass is 10.1. The number of ether oxygens (including phenoxy) is 2. The summed E-state index contributed by atoms with van der Waals surface area (Å²) in [6.07, 6.45) is 1.96. The van der Waals surface area contributed by atoms with Gasteiger partial charge in [-0.2, -0.15) is 13.1 Å². The third kappa shape index (κ3) is 5.49. The van der Waals surface area contributed by atoms with Gasteiger partial charge in [0.15, 0.2) is 0 Å². The van der Waals surface area contributed by atoms with E-state index in [9.17, 15) is 17.2 Å². The van der Waals surface area contributed by atoms with E-state index in [1.807, 2.05) is 0 Å². The van der Waals surface area contributed by atoms with Crippen LogP contribution in [0, 0.1) is 0 Å². The van der Waals surface area contributed by atoms with Crippen LogP contribution >= 0.6 is 11.6 Å². The van der Waals surface area contributed by atoms with Crippen LogP contribution < -0.4 is 10.5 Å². The number of alkyl halides is 2. The molecule has 1 aromatic carbocycles. The van der Waals surface area contributed by atoms with E-state index < -0.39 is 16.6 Å². The molecule has 0 saturated carbocycles. The third-order valence-corrected chi connectivity index (χ3v) is 6.05. The van der Waals surface area contributed by atoms with Gasteiger partial charge < -0.3 is 15.2 Å². The highest BCUT2D eigenvalue weighted by molar-refractivity contribution is 7.89. The van der Waals surface area contributed by atoms with Crippen LogP contribution in [-0.2, 0) is 14.8 Å². The largest absolute Gasteiger partial charge is 0.433 e. The number of rotatable bonds is 8. The molecule has 2 rings (SSSR count). The minimum atomic E-state index is -3.75. The fraction of sp³-hybridized carbons (Fsp3) is 0.600. The molecule has 10 heteroatoms. The molecule has 1 aliphatic heterocycles. The van der Waals surface area contributed by atoms with Crippen molar-refractivity contribution in [1.82, 2.24) is 4.31 Å². The quantitative estimate of drug-likeness (QED) is 0.680. The first kappa shape index (κ1) is 20.3. The molecule has 25 heavy (non-hydrogen) atoms. The Hall–Kier alpha value is -1.00. The molecule has 0 spiro atoms. The van der Waals surface area contributed by atoms with Crippen molar-refractivity contribution in [3.8, 4) is 5.75 Å². The lowest BCUT2D eigenvalue weighted by molar-refractivity contribution is -0.0498. The highest BCUT2D eigenvalue weighted by atomic mass is 35.5. The second-order valence-corrected chi connectivity index (χ2v) is 7.93. The van der Waals surface area contributed by atoms with Crippen LogP contribution in [0.3, 0.4) is 0 Å². The number of nitrogens with two attached hydrogens (primary N) is 1. The molecule has 1 fully saturated rings. The zero-order valence-corrected chi connectivity index (χ0v) is 15.1. The van der Waals surface area contributed by atoms with Crippen LogP contribution in [0.25, 0.3) is 0 Å². The van der Waals surface area contributed by atoms with E-state index in [1.54, 1.807) is 0 Å². The predicted molar refractivity (Wildman–Crippen MR) is 89.5 cm³/mol. The zero-order chi connectivity index (χ0) is 18.4. The maximum atomic E-state index is 12.7. The van der Waals surface area contributed by atoms with Gasteiger partial charge in [-0.3, -0.25) is 0 Å². The Morgan fingerprint density at radius 2 is 2.00 bits per heavy atom. The van der Waals surface area contributed by atoms with Gasteiger partial charge in [0.25, 0.3) is 0 Å². The third-order valence-electron chi connectivity index (χ3n) is 3.86. The Morgan fingerprint density at radius 1 is 1.32 bits per heavy atom. The lowest BCUT2D eigenvalue weighted by Gasteiger charge is -2.31. The second kappa shape index (κ2) is 9.09. The van der Waals surface area contributed by atoms with Crippen molar-refractivity contribution in [3.63, 3.8) is 0 Å². The molecule has 0 unspecified atom stereocenters. The molecular weight excluding hydrogens is 378 g/mol. The second-order valence-electron chi connectivity index (χ2n) is 5.59. The molecule has 2 N–H and O–H groups in total. The Kier molecular flexibility index (Phi) is 7.38. The van der Waals surface area contributed by atoms with Gasteiger partial charge in [0.1, 0.15) is 5.75 Å². The van der Waals surface area contributed by atoms with E-state index in [0.29, 0.717) is 39.1 Å². The molecule has 1 aromatic rings. The summed E-state index contributed by atoms with van der Waals surface area (Å²) < 4.78 is 61.0. The van der Waals surface area contributed by atoms with Crippen LogP contribution in [-0.4, -0.2) is 51.7 Å². The van der Waals surface area contributed by atoms with Gasteiger partial charge in [-0.05, 0) is 44.0 Å². The van der Waals surface area contributed by atoms with Crippen molar-refractivity contribution >= 4 is 21.6 Å². The molecule has 1 aliphatic rings. The number of nitrogens with zero attached hydrogens (tertiary/aromatic N) is 1. The normalized spacial score (nSPS) is 17.2. The molecule has 0 aliphatic carbocycles. The number of hydrogen-bond donors (Lipinski definition) is 1. The van der Waals surface area contributed by atoms with Gasteiger partial charge in [0.2, 0.25) is 10.0 Å². The Morgan fingerprint density at radius 3 is 2.56 bits per heavy atom. The van der Waals surface area contributed by atoms with Crippen LogP contribution in [0.15, 0.2) is 23.1 Å². The minimum absolute atomic E-state index is 0.0170. The molecule has 6 nitrogen and oxygen atoms in total. The van der Waals surface area contributed by atoms with Crippen molar-refractivity contribution in [2.45, 2.75) is 36.9 Å². The summed E-state index contributed by atoms with van der Waals surface area (Å²) in [6, 6.07) is 3.46. The van der Waals surface area contributed by atoms with Crippen molar-refractivity contribution < 1.29 is 26.7 Å². The molecule has 0 atom stereocenters. The topological polar surface area (TPSA) is 81.9 Å². The SMILES string of the molecule is NCCCOC1CCN(S(=O)(=O)c2ccc(OC(F)F)c(Cl)c2)CC1. The van der Waals surface area contributed by atoms with Gasteiger partial charge in [-0.25, -0.2) is 8.42 Å². The number of sulfonamides is 1.